The largest absolute Gasteiger partial charge is 0.464 e. The zero-order valence-corrected chi connectivity index (χ0v) is 23.0. The first-order valence-corrected chi connectivity index (χ1v) is 13.2. The molecule has 0 fully saturated rings. The number of likely N-dealkylation sites (N-methyl/N-ethyl adjacent to an activating group) is 1. The van der Waals surface area contributed by atoms with Crippen LogP contribution in [0.3, 0.4) is 0 Å². The van der Waals surface area contributed by atoms with Crippen LogP contribution in [-0.4, -0.2) is 29.1 Å². The van der Waals surface area contributed by atoms with Crippen LogP contribution in [0, 0.1) is 13.8 Å². The van der Waals surface area contributed by atoms with Crippen LogP contribution in [-0.2, 0) is 19.3 Å². The van der Waals surface area contributed by atoms with Gasteiger partial charge in [0.2, 0.25) is 0 Å². The number of fused-ring (bicyclic) bond motifs is 2. The smallest absolute Gasteiger partial charge is 0.416 e. The number of para-hydroxylation sites is 1. The van der Waals surface area contributed by atoms with Gasteiger partial charge < -0.3 is 19.2 Å². The molecule has 0 saturated carbocycles. The van der Waals surface area contributed by atoms with Crippen molar-refractivity contribution in [2.24, 2.45) is 0 Å². The van der Waals surface area contributed by atoms with E-state index in [1.165, 1.54) is 18.4 Å². The van der Waals surface area contributed by atoms with Crippen molar-refractivity contribution in [3.05, 3.63) is 111 Å². The van der Waals surface area contributed by atoms with Crippen LogP contribution in [0.2, 0.25) is 0 Å². The monoisotopic (exact) mass is 547 g/mol. The molecule has 0 amide bonds. The molecule has 40 heavy (non-hydrogen) atoms. The summed E-state index contributed by atoms with van der Waals surface area (Å²) >= 11 is 0. The molecule has 0 aliphatic heterocycles. The molecule has 0 saturated heterocycles. The summed E-state index contributed by atoms with van der Waals surface area (Å²) in [6.07, 6.45) is -0.957. The summed E-state index contributed by atoms with van der Waals surface area (Å²) in [5.74, 6) is 0. The van der Waals surface area contributed by atoms with E-state index in [0.29, 0.717) is 41.9 Å². The Labute approximate surface area is 230 Å². The lowest BCUT2D eigenvalue weighted by Crippen LogP contribution is -2.37. The molecule has 0 radical (unpaired) electrons. The first-order valence-electron chi connectivity index (χ1n) is 13.2. The number of benzene rings is 3. The van der Waals surface area contributed by atoms with E-state index in [9.17, 15) is 18.0 Å². The van der Waals surface area contributed by atoms with E-state index < -0.39 is 11.7 Å². The molecular weight excluding hydrogens is 515 g/mol. The molecule has 2 heterocycles. The third-order valence-electron chi connectivity index (χ3n) is 7.37. The lowest BCUT2D eigenvalue weighted by molar-refractivity contribution is -0.137. The summed E-state index contributed by atoms with van der Waals surface area (Å²) in [5.41, 5.74) is 4.93. The van der Waals surface area contributed by atoms with Gasteiger partial charge in [0.25, 0.3) is 0 Å². The number of hydrogen-bond acceptors (Lipinski definition) is 4. The molecular formula is C32H32F3N3O2. The highest BCUT2D eigenvalue weighted by molar-refractivity contribution is 5.85. The second-order valence-electron chi connectivity index (χ2n) is 10.6. The van der Waals surface area contributed by atoms with E-state index >= 15 is 0 Å². The van der Waals surface area contributed by atoms with Crippen molar-refractivity contribution >= 4 is 21.9 Å². The van der Waals surface area contributed by atoms with Gasteiger partial charge in [0.1, 0.15) is 5.58 Å². The first kappa shape index (κ1) is 27.7. The van der Waals surface area contributed by atoms with Gasteiger partial charge in [-0.1, -0.05) is 24.3 Å². The number of halogens is 3. The Bertz CT molecular complexity index is 1740. The minimum absolute atomic E-state index is 0.0280. The van der Waals surface area contributed by atoms with Gasteiger partial charge in [0, 0.05) is 48.5 Å². The zero-order chi connectivity index (χ0) is 28.6. The van der Waals surface area contributed by atoms with Crippen molar-refractivity contribution in [3.8, 4) is 5.69 Å². The average molecular weight is 548 g/mol. The molecule has 208 valence electrons. The SMILES string of the molecule is Cc1cc2occ(CNC(C)CN(C)Cc3cn(-c4cccc(C(F)(F)F)c4)c4ccccc34)c(=O)c2cc1C. The molecule has 5 rings (SSSR count). The predicted octanol–water partition coefficient (Wildman–Crippen LogP) is 6.98. The number of nitrogens with one attached hydrogen (secondary N) is 1. The van der Waals surface area contributed by atoms with Gasteiger partial charge in [-0.3, -0.25) is 4.79 Å². The number of aryl methyl sites for hydroxylation is 2. The van der Waals surface area contributed by atoms with Gasteiger partial charge in [-0.2, -0.15) is 13.2 Å². The Morgan fingerprint density at radius 3 is 2.50 bits per heavy atom. The Hall–Kier alpha value is -3.88. The molecule has 0 bridgehead atoms. The molecule has 5 aromatic rings. The summed E-state index contributed by atoms with van der Waals surface area (Å²) in [7, 11) is 2.00. The Kier molecular flexibility index (Phi) is 7.57. The van der Waals surface area contributed by atoms with Crippen LogP contribution in [0.1, 0.15) is 34.7 Å². The fraction of sp³-hybridized carbons (Fsp3) is 0.281. The fourth-order valence-corrected chi connectivity index (χ4v) is 5.14. The fourth-order valence-electron chi connectivity index (χ4n) is 5.14. The van der Waals surface area contributed by atoms with Gasteiger partial charge in [-0.25, -0.2) is 0 Å². The molecule has 3 aromatic carbocycles. The van der Waals surface area contributed by atoms with Crippen molar-refractivity contribution in [3.63, 3.8) is 0 Å². The lowest BCUT2D eigenvalue weighted by Gasteiger charge is -2.22. The van der Waals surface area contributed by atoms with Crippen LogP contribution >= 0.6 is 0 Å². The minimum Gasteiger partial charge on any atom is -0.464 e. The summed E-state index contributed by atoms with van der Waals surface area (Å²) in [6, 6.07) is 17.0. The molecule has 0 aliphatic rings. The average Bonchev–Trinajstić information content (AvgIpc) is 3.27. The van der Waals surface area contributed by atoms with Crippen LogP contribution in [0.15, 0.2) is 82.3 Å². The molecule has 1 unspecified atom stereocenters. The second-order valence-corrected chi connectivity index (χ2v) is 10.6. The van der Waals surface area contributed by atoms with Crippen molar-refractivity contribution in [1.29, 1.82) is 0 Å². The number of alkyl halides is 3. The van der Waals surface area contributed by atoms with E-state index in [4.69, 9.17) is 4.42 Å². The number of hydrogen-bond donors (Lipinski definition) is 1. The van der Waals surface area contributed by atoms with E-state index in [2.05, 4.69) is 17.1 Å². The van der Waals surface area contributed by atoms with Gasteiger partial charge in [0.05, 0.1) is 22.7 Å². The normalized spacial score (nSPS) is 13.0. The quantitative estimate of drug-likeness (QED) is 0.228. The molecule has 5 nitrogen and oxygen atoms in total. The maximum absolute atomic E-state index is 13.3. The number of rotatable bonds is 8. The molecule has 2 aromatic heterocycles. The summed E-state index contributed by atoms with van der Waals surface area (Å²) in [5, 5.41) is 5.00. The molecule has 8 heteroatoms. The van der Waals surface area contributed by atoms with Crippen LogP contribution < -0.4 is 10.7 Å². The lowest BCUT2D eigenvalue weighted by atomic mass is 10.1. The second kappa shape index (κ2) is 10.9. The maximum Gasteiger partial charge on any atom is 0.416 e. The Balaban J connectivity index is 1.29. The Morgan fingerprint density at radius 1 is 0.975 bits per heavy atom. The van der Waals surface area contributed by atoms with E-state index in [0.717, 1.165) is 33.7 Å². The van der Waals surface area contributed by atoms with E-state index in [1.807, 2.05) is 68.1 Å². The summed E-state index contributed by atoms with van der Waals surface area (Å²) in [4.78, 5) is 15.2. The first-order chi connectivity index (χ1) is 19.0. The van der Waals surface area contributed by atoms with Gasteiger partial charge in [-0.05, 0) is 80.9 Å². The van der Waals surface area contributed by atoms with Gasteiger partial charge >= 0.3 is 6.18 Å². The maximum atomic E-state index is 13.3. The highest BCUT2D eigenvalue weighted by atomic mass is 19.4. The predicted molar refractivity (Wildman–Crippen MR) is 153 cm³/mol. The zero-order valence-electron chi connectivity index (χ0n) is 23.0. The highest BCUT2D eigenvalue weighted by Gasteiger charge is 2.30. The number of nitrogens with zero attached hydrogens (tertiary/aromatic N) is 2. The Morgan fingerprint density at radius 2 is 1.73 bits per heavy atom. The third kappa shape index (κ3) is 5.69. The van der Waals surface area contributed by atoms with E-state index in [1.54, 1.807) is 6.07 Å². The molecule has 0 aliphatic carbocycles. The van der Waals surface area contributed by atoms with Gasteiger partial charge in [-0.15, -0.1) is 0 Å². The molecule has 0 spiro atoms. The topological polar surface area (TPSA) is 50.4 Å². The third-order valence-corrected chi connectivity index (χ3v) is 7.37. The summed E-state index contributed by atoms with van der Waals surface area (Å²) in [6.45, 7) is 7.71. The standard InChI is InChI=1S/C32H32F3N3O2/c1-20-12-28-30(13-21(20)2)40-19-23(31(28)39)15-36-22(3)16-37(4)17-24-18-38(29-11-6-5-10-27(24)29)26-9-7-8-25(14-26)32(33,34)35/h5-14,18-19,22,36H,15-17H2,1-4H3. The molecule has 1 atom stereocenters. The van der Waals surface area contributed by atoms with Crippen molar-refractivity contribution < 1.29 is 17.6 Å². The van der Waals surface area contributed by atoms with Crippen molar-refractivity contribution in [2.45, 2.75) is 46.1 Å². The minimum atomic E-state index is -4.41. The number of aromatic nitrogens is 1. The van der Waals surface area contributed by atoms with Crippen LogP contribution in [0.5, 0.6) is 0 Å². The van der Waals surface area contributed by atoms with E-state index in [-0.39, 0.29) is 11.5 Å². The highest BCUT2D eigenvalue weighted by Crippen LogP contribution is 2.32. The molecule has 1 N–H and O–H groups in total. The van der Waals surface area contributed by atoms with Gasteiger partial charge in [0.15, 0.2) is 5.43 Å². The van der Waals surface area contributed by atoms with Crippen LogP contribution in [0.4, 0.5) is 13.2 Å². The van der Waals surface area contributed by atoms with Crippen molar-refractivity contribution in [1.82, 2.24) is 14.8 Å². The van der Waals surface area contributed by atoms with Crippen molar-refractivity contribution in [2.75, 3.05) is 13.6 Å². The van der Waals surface area contributed by atoms with Crippen LogP contribution in [0.25, 0.3) is 27.6 Å². The summed E-state index contributed by atoms with van der Waals surface area (Å²) < 4.78 is 47.6.